The molecule has 1 aromatic carbocycles. The van der Waals surface area contributed by atoms with Crippen molar-refractivity contribution < 1.29 is 0 Å². The Hall–Kier alpha value is 0.236. The molecule has 1 aromatic rings. The molecular weight excluding hydrogens is 170 g/mol. The van der Waals surface area contributed by atoms with Crippen molar-refractivity contribution in [1.82, 2.24) is 5.32 Å². The second-order valence-electron chi connectivity index (χ2n) is 1.58. The van der Waals surface area contributed by atoms with E-state index in [2.05, 4.69) is 11.4 Å². The second-order valence-corrected chi connectivity index (χ2v) is 1.58. The summed E-state index contributed by atoms with van der Waals surface area (Å²) in [6.45, 7) is 0. The maximum absolute atomic E-state index is 2.89. The maximum atomic E-state index is 2.89. The van der Waals surface area contributed by atoms with E-state index in [1.165, 1.54) is 0 Å². The standard InChI is InChI=1S/C6H5.C2H7N.ClH.Mg/c1-2-4-6-5-3-1;1-3-2;;/h1-5H;3H,1-2H3;1H;/q-1;;;+2. The molecule has 0 bridgehead atoms. The van der Waals surface area contributed by atoms with Crippen molar-refractivity contribution in [2.24, 2.45) is 0 Å². The molecule has 1 rings (SSSR count). The minimum atomic E-state index is 0. The predicted octanol–water partition coefficient (Wildman–Crippen LogP) is 1.36. The molecule has 0 unspecified atom stereocenters. The van der Waals surface area contributed by atoms with Gasteiger partial charge in [-0.25, -0.2) is 0 Å². The van der Waals surface area contributed by atoms with Gasteiger partial charge in [0.15, 0.2) is 0 Å². The molecule has 0 spiro atoms. The monoisotopic (exact) mass is 182 g/mol. The van der Waals surface area contributed by atoms with E-state index in [0.717, 1.165) is 0 Å². The molecule has 0 aromatic heterocycles. The van der Waals surface area contributed by atoms with Gasteiger partial charge < -0.3 is 5.32 Å². The second kappa shape index (κ2) is 16.7. The molecule has 0 heterocycles. The van der Waals surface area contributed by atoms with Crippen molar-refractivity contribution in [3.63, 3.8) is 0 Å². The van der Waals surface area contributed by atoms with E-state index in [1.54, 1.807) is 0 Å². The first kappa shape index (κ1) is 17.4. The third-order valence-electron chi connectivity index (χ3n) is 0.607. The summed E-state index contributed by atoms with van der Waals surface area (Å²) in [5, 5.41) is 2.75. The van der Waals surface area contributed by atoms with Crippen LogP contribution in [0.2, 0.25) is 0 Å². The fourth-order valence-corrected chi connectivity index (χ4v) is 0.342. The quantitative estimate of drug-likeness (QED) is 0.473. The first-order valence-corrected chi connectivity index (χ1v) is 2.91. The van der Waals surface area contributed by atoms with Gasteiger partial charge >= 0.3 is 23.1 Å². The summed E-state index contributed by atoms with van der Waals surface area (Å²) in [7, 11) is 3.75. The summed E-state index contributed by atoms with van der Waals surface area (Å²) in [6.07, 6.45) is 0. The van der Waals surface area contributed by atoms with Crippen LogP contribution in [0, 0.1) is 6.07 Å². The average molecular weight is 183 g/mol. The molecule has 0 aliphatic rings. The molecule has 0 amide bonds. The minimum Gasteiger partial charge on any atom is -0.323 e. The van der Waals surface area contributed by atoms with Crippen LogP contribution in [-0.4, -0.2) is 37.1 Å². The molecule has 1 N–H and O–H groups in total. The number of nitrogens with one attached hydrogen (secondary N) is 1. The Balaban J connectivity index is -0.000000116. The van der Waals surface area contributed by atoms with Gasteiger partial charge in [-0.2, -0.15) is 36.4 Å². The van der Waals surface area contributed by atoms with E-state index < -0.39 is 0 Å². The van der Waals surface area contributed by atoms with Crippen molar-refractivity contribution in [2.45, 2.75) is 0 Å². The number of hydrogen-bond donors (Lipinski definition) is 1. The summed E-state index contributed by atoms with van der Waals surface area (Å²) >= 11 is 0. The Morgan fingerprint density at radius 1 is 1.00 bits per heavy atom. The molecular formula is C8H13ClMgN+. The van der Waals surface area contributed by atoms with Crippen LogP contribution in [0.4, 0.5) is 0 Å². The van der Waals surface area contributed by atoms with Gasteiger partial charge in [-0.1, -0.05) is 0 Å². The van der Waals surface area contributed by atoms with Gasteiger partial charge in [-0.3, -0.25) is 0 Å². The van der Waals surface area contributed by atoms with Gasteiger partial charge in [0.05, 0.1) is 0 Å². The Morgan fingerprint density at radius 3 is 1.45 bits per heavy atom. The first-order valence-electron chi connectivity index (χ1n) is 2.91. The molecule has 0 aliphatic heterocycles. The smallest absolute Gasteiger partial charge is 0.323 e. The molecule has 0 saturated heterocycles. The number of hydrogen-bond acceptors (Lipinski definition) is 1. The minimum absolute atomic E-state index is 0. The van der Waals surface area contributed by atoms with E-state index in [0.29, 0.717) is 0 Å². The van der Waals surface area contributed by atoms with Gasteiger partial charge in [0.25, 0.3) is 0 Å². The summed E-state index contributed by atoms with van der Waals surface area (Å²) in [5.74, 6) is 0. The molecule has 0 aliphatic carbocycles. The van der Waals surface area contributed by atoms with Crippen molar-refractivity contribution in [1.29, 1.82) is 0 Å². The summed E-state index contributed by atoms with van der Waals surface area (Å²) in [5.41, 5.74) is 0. The van der Waals surface area contributed by atoms with E-state index in [9.17, 15) is 0 Å². The van der Waals surface area contributed by atoms with Crippen molar-refractivity contribution in [2.75, 3.05) is 14.1 Å². The van der Waals surface area contributed by atoms with Crippen LogP contribution in [0.3, 0.4) is 0 Å². The topological polar surface area (TPSA) is 12.0 Å². The van der Waals surface area contributed by atoms with Crippen LogP contribution >= 0.6 is 12.4 Å². The zero-order chi connectivity index (χ0) is 6.95. The molecule has 1 nitrogen and oxygen atoms in total. The van der Waals surface area contributed by atoms with Crippen molar-refractivity contribution in [3.05, 3.63) is 36.4 Å². The number of benzene rings is 1. The van der Waals surface area contributed by atoms with Gasteiger partial charge in [0.2, 0.25) is 0 Å². The largest absolute Gasteiger partial charge is 2.00 e. The van der Waals surface area contributed by atoms with E-state index >= 15 is 0 Å². The van der Waals surface area contributed by atoms with E-state index in [4.69, 9.17) is 0 Å². The molecule has 0 fully saturated rings. The van der Waals surface area contributed by atoms with Crippen LogP contribution in [-0.2, 0) is 0 Å². The molecule has 0 saturated carbocycles. The van der Waals surface area contributed by atoms with Crippen LogP contribution in [0.5, 0.6) is 0 Å². The van der Waals surface area contributed by atoms with Crippen molar-refractivity contribution in [3.8, 4) is 0 Å². The Kier molecular flexibility index (Phi) is 26.3. The Morgan fingerprint density at radius 2 is 1.36 bits per heavy atom. The maximum Gasteiger partial charge on any atom is 2.00 e. The van der Waals surface area contributed by atoms with Gasteiger partial charge in [0.1, 0.15) is 0 Å². The zero-order valence-corrected chi connectivity index (χ0v) is 9.23. The fourth-order valence-electron chi connectivity index (χ4n) is 0.342. The van der Waals surface area contributed by atoms with Crippen LogP contribution in [0.1, 0.15) is 0 Å². The number of halogens is 1. The summed E-state index contributed by atoms with van der Waals surface area (Å²) in [4.78, 5) is 0. The molecule has 58 valence electrons. The zero-order valence-electron chi connectivity index (χ0n) is 7.00. The predicted molar refractivity (Wildman–Crippen MR) is 53.3 cm³/mol. The normalized spacial score (nSPS) is 6.00. The first-order chi connectivity index (χ1) is 4.41. The van der Waals surface area contributed by atoms with E-state index in [1.807, 2.05) is 44.4 Å². The molecule has 0 atom stereocenters. The average Bonchev–Trinajstić information content (AvgIpc) is 1.93. The number of rotatable bonds is 0. The molecule has 11 heavy (non-hydrogen) atoms. The summed E-state index contributed by atoms with van der Waals surface area (Å²) in [6, 6.07) is 12.5. The van der Waals surface area contributed by atoms with Crippen LogP contribution < -0.4 is 5.32 Å². The van der Waals surface area contributed by atoms with Crippen LogP contribution in [0.25, 0.3) is 0 Å². The van der Waals surface area contributed by atoms with Gasteiger partial charge in [-0.05, 0) is 14.1 Å². The third kappa shape index (κ3) is 17.9. The Bertz CT molecular complexity index is 96.9. The van der Waals surface area contributed by atoms with E-state index in [-0.39, 0.29) is 35.5 Å². The summed E-state index contributed by atoms with van der Waals surface area (Å²) < 4.78 is 0. The van der Waals surface area contributed by atoms with Gasteiger partial charge in [0, 0.05) is 0 Å². The molecule has 3 heteroatoms. The Labute approximate surface area is 91.1 Å². The van der Waals surface area contributed by atoms with Gasteiger partial charge in [-0.15, -0.1) is 12.4 Å². The van der Waals surface area contributed by atoms with Crippen LogP contribution in [0.15, 0.2) is 30.3 Å². The SMILES string of the molecule is CNC.Cl.[Mg+2].[c-]1ccccc1. The third-order valence-corrected chi connectivity index (χ3v) is 0.607. The van der Waals surface area contributed by atoms with Crippen molar-refractivity contribution >= 4 is 35.5 Å². The fraction of sp³-hybridized carbons (Fsp3) is 0.250. The molecule has 0 radical (unpaired) electrons.